The van der Waals surface area contributed by atoms with Crippen LogP contribution in [0.3, 0.4) is 0 Å². The van der Waals surface area contributed by atoms with Gasteiger partial charge < -0.3 is 15.5 Å². The largest absolute Gasteiger partial charge is 0.378 e. The van der Waals surface area contributed by atoms with Crippen molar-refractivity contribution in [3.8, 4) is 21.8 Å². The van der Waals surface area contributed by atoms with Crippen LogP contribution in [-0.4, -0.2) is 30.9 Å². The molecule has 0 unspecified atom stereocenters. The predicted octanol–water partition coefficient (Wildman–Crippen LogP) is 4.46. The minimum Gasteiger partial charge on any atom is -0.378 e. The van der Waals surface area contributed by atoms with E-state index in [1.54, 1.807) is 23.5 Å². The monoisotopic (exact) mass is 394 g/mol. The Kier molecular flexibility index (Phi) is 5.75. The molecule has 6 nitrogen and oxygen atoms in total. The number of hydrogen-bond acceptors (Lipinski definition) is 5. The van der Waals surface area contributed by atoms with Crippen molar-refractivity contribution in [2.75, 3.05) is 29.6 Å². The highest BCUT2D eigenvalue weighted by molar-refractivity contribution is 7.13. The molecule has 0 atom stereocenters. The quantitative estimate of drug-likeness (QED) is 0.670. The van der Waals surface area contributed by atoms with E-state index < -0.39 is 0 Å². The summed E-state index contributed by atoms with van der Waals surface area (Å²) in [6, 6.07) is 13.6. The fourth-order valence-electron chi connectivity index (χ4n) is 2.77. The van der Waals surface area contributed by atoms with E-state index in [9.17, 15) is 9.59 Å². The Morgan fingerprint density at radius 3 is 2.25 bits per heavy atom. The van der Waals surface area contributed by atoms with E-state index in [4.69, 9.17) is 4.98 Å². The van der Waals surface area contributed by atoms with E-state index in [2.05, 4.69) is 22.8 Å². The zero-order valence-corrected chi connectivity index (χ0v) is 17.1. The standard InChI is InChI=1S/C21H22N4O2S/c1-13(26)22-16-7-10-18(19(11-16)23-14(2)27)20-12-28-21(24-20)15-5-8-17(9-6-15)25(3)4/h5-12H,1-4H3,(H,22,26)(H,23,27). The number of carbonyl (C=O) groups is 2. The minimum absolute atomic E-state index is 0.168. The van der Waals surface area contributed by atoms with Crippen molar-refractivity contribution in [2.24, 2.45) is 0 Å². The van der Waals surface area contributed by atoms with Crippen molar-refractivity contribution in [1.29, 1.82) is 0 Å². The van der Waals surface area contributed by atoms with Crippen LogP contribution in [0.15, 0.2) is 47.8 Å². The van der Waals surface area contributed by atoms with E-state index in [1.165, 1.54) is 13.8 Å². The third-order valence-electron chi connectivity index (χ3n) is 4.06. The summed E-state index contributed by atoms with van der Waals surface area (Å²) in [5.41, 5.74) is 4.97. The molecule has 2 amide bonds. The summed E-state index contributed by atoms with van der Waals surface area (Å²) in [6.07, 6.45) is 0. The highest BCUT2D eigenvalue weighted by atomic mass is 32.1. The summed E-state index contributed by atoms with van der Waals surface area (Å²) in [7, 11) is 4.01. The molecular formula is C21H22N4O2S. The van der Waals surface area contributed by atoms with Crippen LogP contribution in [0.1, 0.15) is 13.8 Å². The third-order valence-corrected chi connectivity index (χ3v) is 4.95. The molecule has 1 aromatic heterocycles. The number of nitrogens with one attached hydrogen (secondary N) is 2. The summed E-state index contributed by atoms with van der Waals surface area (Å²) < 4.78 is 0. The molecule has 0 saturated heterocycles. The number of rotatable bonds is 5. The van der Waals surface area contributed by atoms with E-state index in [0.717, 1.165) is 27.5 Å². The van der Waals surface area contributed by atoms with Crippen molar-refractivity contribution < 1.29 is 9.59 Å². The molecule has 0 aliphatic heterocycles. The number of thiazole rings is 1. The second kappa shape index (κ2) is 8.22. The highest BCUT2D eigenvalue weighted by Gasteiger charge is 2.13. The molecule has 144 valence electrons. The second-order valence-electron chi connectivity index (χ2n) is 6.60. The van der Waals surface area contributed by atoms with Crippen LogP contribution in [0.5, 0.6) is 0 Å². The second-order valence-corrected chi connectivity index (χ2v) is 7.46. The van der Waals surface area contributed by atoms with Crippen LogP contribution < -0.4 is 15.5 Å². The zero-order chi connectivity index (χ0) is 20.3. The molecule has 7 heteroatoms. The molecule has 2 N–H and O–H groups in total. The molecule has 0 aliphatic carbocycles. The summed E-state index contributed by atoms with van der Waals surface area (Å²) in [5.74, 6) is -0.352. The Hall–Kier alpha value is -3.19. The lowest BCUT2D eigenvalue weighted by atomic mass is 10.1. The van der Waals surface area contributed by atoms with Crippen LogP contribution in [-0.2, 0) is 9.59 Å². The van der Waals surface area contributed by atoms with Gasteiger partial charge in [0.2, 0.25) is 11.8 Å². The van der Waals surface area contributed by atoms with Crippen molar-refractivity contribution in [1.82, 2.24) is 4.98 Å². The first-order chi connectivity index (χ1) is 13.3. The van der Waals surface area contributed by atoms with Crippen molar-refractivity contribution in [2.45, 2.75) is 13.8 Å². The van der Waals surface area contributed by atoms with Crippen LogP contribution in [0.4, 0.5) is 17.1 Å². The Labute approximate surface area is 168 Å². The SMILES string of the molecule is CC(=O)Nc1ccc(-c2csc(-c3ccc(N(C)C)cc3)n2)c(NC(C)=O)c1. The first kappa shape index (κ1) is 19.6. The Balaban J connectivity index is 1.95. The van der Waals surface area contributed by atoms with Crippen molar-refractivity contribution >= 4 is 40.2 Å². The maximum atomic E-state index is 11.6. The van der Waals surface area contributed by atoms with E-state index in [0.29, 0.717) is 11.4 Å². The first-order valence-electron chi connectivity index (χ1n) is 8.76. The van der Waals surface area contributed by atoms with Gasteiger partial charge in [-0.25, -0.2) is 4.98 Å². The van der Waals surface area contributed by atoms with Gasteiger partial charge in [-0.1, -0.05) is 0 Å². The number of benzene rings is 2. The molecule has 3 aromatic rings. The topological polar surface area (TPSA) is 74.3 Å². The average Bonchev–Trinajstić information content (AvgIpc) is 3.11. The number of amides is 2. The molecule has 0 fully saturated rings. The maximum absolute atomic E-state index is 11.6. The number of hydrogen-bond donors (Lipinski definition) is 2. The Bertz CT molecular complexity index is 1010. The molecule has 0 spiro atoms. The van der Waals surface area contributed by atoms with E-state index >= 15 is 0 Å². The van der Waals surface area contributed by atoms with Gasteiger partial charge in [0.15, 0.2) is 0 Å². The molecule has 0 radical (unpaired) electrons. The predicted molar refractivity (Wildman–Crippen MR) is 116 cm³/mol. The molecule has 0 saturated carbocycles. The molecule has 28 heavy (non-hydrogen) atoms. The average molecular weight is 395 g/mol. The summed E-state index contributed by atoms with van der Waals surface area (Å²) in [4.78, 5) is 29.7. The highest BCUT2D eigenvalue weighted by Crippen LogP contribution is 2.34. The van der Waals surface area contributed by atoms with Crippen LogP contribution in [0.2, 0.25) is 0 Å². The van der Waals surface area contributed by atoms with Crippen molar-refractivity contribution in [3.05, 3.63) is 47.8 Å². The lowest BCUT2D eigenvalue weighted by Gasteiger charge is -2.12. The van der Waals surface area contributed by atoms with Crippen LogP contribution in [0, 0.1) is 0 Å². The van der Waals surface area contributed by atoms with E-state index in [-0.39, 0.29) is 11.8 Å². The van der Waals surface area contributed by atoms with Gasteiger partial charge in [-0.05, 0) is 42.5 Å². The fraction of sp³-hybridized carbons (Fsp3) is 0.190. The third kappa shape index (κ3) is 4.55. The summed E-state index contributed by atoms with van der Waals surface area (Å²) in [5, 5.41) is 8.42. The normalized spacial score (nSPS) is 10.4. The van der Waals surface area contributed by atoms with E-state index in [1.807, 2.05) is 42.6 Å². The molecule has 1 heterocycles. The summed E-state index contributed by atoms with van der Waals surface area (Å²) >= 11 is 1.55. The van der Waals surface area contributed by atoms with Crippen LogP contribution in [0.25, 0.3) is 21.8 Å². The van der Waals surface area contributed by atoms with Gasteiger partial charge in [-0.3, -0.25) is 9.59 Å². The van der Waals surface area contributed by atoms with Gasteiger partial charge in [0.1, 0.15) is 5.01 Å². The molecule has 0 aliphatic rings. The fourth-order valence-corrected chi connectivity index (χ4v) is 3.60. The number of nitrogens with zero attached hydrogens (tertiary/aromatic N) is 2. The van der Waals surface area contributed by atoms with Gasteiger partial charge in [-0.15, -0.1) is 11.3 Å². The smallest absolute Gasteiger partial charge is 0.221 e. The number of anilines is 3. The van der Waals surface area contributed by atoms with Gasteiger partial charge in [0.25, 0.3) is 0 Å². The molecular weight excluding hydrogens is 372 g/mol. The lowest BCUT2D eigenvalue weighted by molar-refractivity contribution is -0.115. The zero-order valence-electron chi connectivity index (χ0n) is 16.2. The molecule has 2 aromatic carbocycles. The van der Waals surface area contributed by atoms with Gasteiger partial charge >= 0.3 is 0 Å². The minimum atomic E-state index is -0.184. The van der Waals surface area contributed by atoms with Gasteiger partial charge in [0, 0.05) is 55.8 Å². The maximum Gasteiger partial charge on any atom is 0.221 e. The Morgan fingerprint density at radius 1 is 0.964 bits per heavy atom. The van der Waals surface area contributed by atoms with Gasteiger partial charge in [0.05, 0.1) is 11.4 Å². The number of aromatic nitrogens is 1. The first-order valence-corrected chi connectivity index (χ1v) is 9.64. The molecule has 0 bridgehead atoms. The number of carbonyl (C=O) groups excluding carboxylic acids is 2. The Morgan fingerprint density at radius 2 is 1.64 bits per heavy atom. The van der Waals surface area contributed by atoms with Crippen LogP contribution >= 0.6 is 11.3 Å². The lowest BCUT2D eigenvalue weighted by Crippen LogP contribution is -2.09. The van der Waals surface area contributed by atoms with Gasteiger partial charge in [-0.2, -0.15) is 0 Å². The molecule has 3 rings (SSSR count). The van der Waals surface area contributed by atoms with Crippen molar-refractivity contribution in [3.63, 3.8) is 0 Å². The summed E-state index contributed by atoms with van der Waals surface area (Å²) in [6.45, 7) is 2.90.